The molecule has 1 aliphatic rings. The molecule has 0 fully saturated rings. The maximum Gasteiger partial charge on any atom is 0.261 e. The third-order valence-electron chi connectivity index (χ3n) is 3.84. The van der Waals surface area contributed by atoms with Crippen LogP contribution < -0.4 is 8.61 Å². The lowest BCUT2D eigenvalue weighted by Gasteiger charge is -2.23. The zero-order valence-electron chi connectivity index (χ0n) is 14.6. The number of amides is 2. The van der Waals surface area contributed by atoms with E-state index in [1.807, 2.05) is 0 Å². The number of carbonyl (C=O) groups excluding carboxylic acids is 2. The molecule has 2 amide bonds. The second-order valence-corrected chi connectivity index (χ2v) is 9.74. The minimum atomic E-state index is -4.44. The van der Waals surface area contributed by atoms with Crippen LogP contribution in [0.1, 0.15) is 19.4 Å². The van der Waals surface area contributed by atoms with E-state index in [1.54, 1.807) is 0 Å². The molecule has 0 spiro atoms. The first-order valence-corrected chi connectivity index (χ1v) is 10.9. The van der Waals surface area contributed by atoms with Gasteiger partial charge >= 0.3 is 0 Å². The van der Waals surface area contributed by atoms with Crippen molar-refractivity contribution in [3.8, 4) is 6.07 Å². The van der Waals surface area contributed by atoms with Crippen LogP contribution in [-0.2, 0) is 29.6 Å². The monoisotopic (exact) mass is 415 g/mol. The Labute approximate surface area is 155 Å². The molecule has 2 rings (SSSR count). The van der Waals surface area contributed by atoms with Gasteiger partial charge in [0.2, 0.25) is 20.0 Å². The Bertz CT molecular complexity index is 1110. The van der Waals surface area contributed by atoms with Crippen molar-refractivity contribution in [1.29, 1.82) is 5.26 Å². The number of sulfonamides is 2. The van der Waals surface area contributed by atoms with Crippen molar-refractivity contribution in [2.45, 2.75) is 13.8 Å². The standard InChI is InChI=1S/C15H14FN3O6S2/c1-8-9(2)15(21)18(14(8)20)13-6-12(10(7-17)5-11(13)16)19(26(3,22)23)27(4,24)25/h5-6H,1-4H3. The second-order valence-electron chi connectivity index (χ2n) is 5.85. The quantitative estimate of drug-likeness (QED) is 0.659. The number of imide groups is 1. The van der Waals surface area contributed by atoms with Gasteiger partial charge in [-0.3, -0.25) is 9.59 Å². The number of hydrogen-bond acceptors (Lipinski definition) is 7. The van der Waals surface area contributed by atoms with E-state index < -0.39 is 54.6 Å². The van der Waals surface area contributed by atoms with Crippen LogP contribution in [0.25, 0.3) is 0 Å². The first-order chi connectivity index (χ1) is 12.2. The van der Waals surface area contributed by atoms with Crippen LogP contribution in [0, 0.1) is 17.1 Å². The highest BCUT2D eigenvalue weighted by Crippen LogP contribution is 2.35. The average molecular weight is 415 g/mol. The van der Waals surface area contributed by atoms with Gasteiger partial charge in [-0.1, -0.05) is 0 Å². The molecule has 1 heterocycles. The summed E-state index contributed by atoms with van der Waals surface area (Å²) in [5, 5.41) is 9.18. The second kappa shape index (κ2) is 6.43. The Balaban J connectivity index is 2.84. The normalized spacial score (nSPS) is 15.3. The van der Waals surface area contributed by atoms with E-state index in [0.717, 1.165) is 0 Å². The summed E-state index contributed by atoms with van der Waals surface area (Å²) in [6.45, 7) is 2.72. The molecule has 0 saturated heterocycles. The Morgan fingerprint density at radius 1 is 1.00 bits per heavy atom. The number of anilines is 2. The predicted octanol–water partition coefficient (Wildman–Crippen LogP) is 0.633. The van der Waals surface area contributed by atoms with Crippen LogP contribution in [0.5, 0.6) is 0 Å². The molecule has 9 nitrogen and oxygen atoms in total. The number of nitrogens with zero attached hydrogens (tertiary/aromatic N) is 3. The summed E-state index contributed by atoms with van der Waals surface area (Å²) in [5.74, 6) is -2.84. The highest BCUT2D eigenvalue weighted by atomic mass is 32.3. The Morgan fingerprint density at radius 3 is 1.81 bits per heavy atom. The highest BCUT2D eigenvalue weighted by molar-refractivity contribution is 8.09. The van der Waals surface area contributed by atoms with E-state index in [0.29, 0.717) is 29.5 Å². The summed E-state index contributed by atoms with van der Waals surface area (Å²) in [4.78, 5) is 25.0. The summed E-state index contributed by atoms with van der Waals surface area (Å²) in [7, 11) is -8.87. The van der Waals surface area contributed by atoms with Gasteiger partial charge in [-0.05, 0) is 26.0 Å². The van der Waals surface area contributed by atoms with E-state index in [2.05, 4.69) is 0 Å². The first-order valence-electron chi connectivity index (χ1n) is 7.22. The molecule has 0 saturated carbocycles. The van der Waals surface area contributed by atoms with Gasteiger partial charge in [0.15, 0.2) is 0 Å². The summed E-state index contributed by atoms with van der Waals surface area (Å²) in [6.07, 6.45) is 1.17. The minimum absolute atomic E-state index is 0.0559. The number of nitriles is 1. The molecule has 1 aromatic rings. The Hall–Kier alpha value is -2.78. The number of halogens is 1. The molecule has 0 aromatic heterocycles. The van der Waals surface area contributed by atoms with Gasteiger partial charge in [0.1, 0.15) is 11.9 Å². The topological polar surface area (TPSA) is 133 Å². The van der Waals surface area contributed by atoms with Gasteiger partial charge in [0, 0.05) is 11.1 Å². The lowest BCUT2D eigenvalue weighted by molar-refractivity contribution is -0.120. The smallest absolute Gasteiger partial charge is 0.261 e. The van der Waals surface area contributed by atoms with Gasteiger partial charge < -0.3 is 0 Å². The summed E-state index contributed by atoms with van der Waals surface area (Å²) >= 11 is 0. The maximum atomic E-state index is 14.5. The van der Waals surface area contributed by atoms with Crippen molar-refractivity contribution in [3.63, 3.8) is 0 Å². The fourth-order valence-electron chi connectivity index (χ4n) is 2.53. The molecular weight excluding hydrogens is 401 g/mol. The van der Waals surface area contributed by atoms with E-state index in [1.165, 1.54) is 19.9 Å². The molecule has 144 valence electrons. The van der Waals surface area contributed by atoms with Crippen molar-refractivity contribution < 1.29 is 30.8 Å². The molecule has 12 heteroatoms. The van der Waals surface area contributed by atoms with Gasteiger partial charge in [-0.2, -0.15) is 8.97 Å². The maximum absolute atomic E-state index is 14.5. The fourth-order valence-corrected chi connectivity index (χ4v) is 5.52. The molecule has 0 N–H and O–H groups in total. The number of benzene rings is 1. The van der Waals surface area contributed by atoms with E-state index in [4.69, 9.17) is 0 Å². The lowest BCUT2D eigenvalue weighted by atomic mass is 10.1. The molecule has 0 radical (unpaired) electrons. The van der Waals surface area contributed by atoms with Gasteiger partial charge in [-0.15, -0.1) is 0 Å². The van der Waals surface area contributed by atoms with E-state index in [-0.39, 0.29) is 14.9 Å². The number of rotatable bonds is 4. The van der Waals surface area contributed by atoms with Crippen molar-refractivity contribution in [2.24, 2.45) is 0 Å². The molecule has 27 heavy (non-hydrogen) atoms. The van der Waals surface area contributed by atoms with Crippen molar-refractivity contribution in [3.05, 3.63) is 34.7 Å². The van der Waals surface area contributed by atoms with Crippen LogP contribution in [-0.4, -0.2) is 41.2 Å². The van der Waals surface area contributed by atoms with Crippen LogP contribution in [0.2, 0.25) is 0 Å². The SMILES string of the molecule is CC1=C(C)C(=O)N(c2cc(N(S(C)(=O)=O)S(C)(=O)=O)c(C#N)cc2F)C1=O. The van der Waals surface area contributed by atoms with Crippen LogP contribution in [0.3, 0.4) is 0 Å². The Kier molecular flexibility index (Phi) is 4.89. The first kappa shape index (κ1) is 20.5. The Morgan fingerprint density at radius 2 is 1.44 bits per heavy atom. The summed E-state index contributed by atoms with van der Waals surface area (Å²) in [6, 6.07) is 2.75. The zero-order valence-corrected chi connectivity index (χ0v) is 16.3. The lowest BCUT2D eigenvalue weighted by Crippen LogP contribution is -2.37. The molecular formula is C15H14FN3O6S2. The van der Waals surface area contributed by atoms with Crippen LogP contribution >= 0.6 is 0 Å². The third-order valence-corrected chi connectivity index (χ3v) is 7.06. The molecule has 0 unspecified atom stereocenters. The predicted molar refractivity (Wildman–Crippen MR) is 94.1 cm³/mol. The molecule has 1 aromatic carbocycles. The summed E-state index contributed by atoms with van der Waals surface area (Å²) < 4.78 is 62.4. The average Bonchev–Trinajstić information content (AvgIpc) is 2.70. The zero-order chi connectivity index (χ0) is 20.9. The fraction of sp³-hybridized carbons (Fsp3) is 0.267. The number of carbonyl (C=O) groups is 2. The van der Waals surface area contributed by atoms with Crippen LogP contribution in [0.15, 0.2) is 23.3 Å². The van der Waals surface area contributed by atoms with E-state index in [9.17, 15) is 36.1 Å². The molecule has 0 bridgehead atoms. The van der Waals surface area contributed by atoms with Gasteiger partial charge in [0.05, 0.1) is 29.4 Å². The van der Waals surface area contributed by atoms with Gasteiger partial charge in [-0.25, -0.2) is 26.1 Å². The third kappa shape index (κ3) is 3.43. The molecule has 1 aliphatic heterocycles. The molecule has 0 atom stereocenters. The largest absolute Gasteiger partial charge is 0.269 e. The van der Waals surface area contributed by atoms with Crippen molar-refractivity contribution in [1.82, 2.24) is 0 Å². The van der Waals surface area contributed by atoms with Crippen LogP contribution in [0.4, 0.5) is 15.8 Å². The number of hydrogen-bond donors (Lipinski definition) is 0. The van der Waals surface area contributed by atoms with Gasteiger partial charge in [0.25, 0.3) is 11.8 Å². The summed E-state index contributed by atoms with van der Waals surface area (Å²) in [5.41, 5.74) is -1.83. The minimum Gasteiger partial charge on any atom is -0.269 e. The molecule has 0 aliphatic carbocycles. The van der Waals surface area contributed by atoms with Crippen molar-refractivity contribution in [2.75, 3.05) is 21.1 Å². The highest BCUT2D eigenvalue weighted by Gasteiger charge is 2.38. The van der Waals surface area contributed by atoms with E-state index >= 15 is 0 Å². The van der Waals surface area contributed by atoms with Crippen molar-refractivity contribution >= 4 is 43.2 Å².